The van der Waals surface area contributed by atoms with E-state index in [2.05, 4.69) is 46.5 Å². The first-order valence-corrected chi connectivity index (χ1v) is 20.7. The molecule has 1 aromatic carbocycles. The first-order valence-electron chi connectivity index (χ1n) is 18.8. The van der Waals surface area contributed by atoms with Crippen LogP contribution in [0.3, 0.4) is 0 Å². The minimum Gasteiger partial charge on any atom is -0.461 e. The Morgan fingerprint density at radius 3 is 2.38 bits per heavy atom. The number of carbonyl (C=O) groups is 5. The van der Waals surface area contributed by atoms with Crippen molar-refractivity contribution in [3.63, 3.8) is 0 Å². The molecule has 23 heteroatoms. The van der Waals surface area contributed by atoms with E-state index in [9.17, 15) is 32.4 Å². The van der Waals surface area contributed by atoms with Gasteiger partial charge in [-0.3, -0.25) is 24.0 Å². The van der Waals surface area contributed by atoms with Gasteiger partial charge >= 0.3 is 5.97 Å². The number of sulfone groups is 1. The largest absolute Gasteiger partial charge is 0.461 e. The third-order valence-corrected chi connectivity index (χ3v) is 9.01. The van der Waals surface area contributed by atoms with Gasteiger partial charge in [-0.05, 0) is 43.5 Å². The summed E-state index contributed by atoms with van der Waals surface area (Å²) >= 11 is 0. The first kappa shape index (κ1) is 46.5. The highest BCUT2D eigenvalue weighted by molar-refractivity contribution is 7.90. The molecule has 0 radical (unpaired) electrons. The zero-order chi connectivity index (χ0) is 43.5. The smallest absolute Gasteiger partial charge is 0.308 e. The number of unbranched alkanes of at least 4 members (excludes halogenated alkanes) is 1. The molecule has 0 aliphatic rings. The van der Waals surface area contributed by atoms with E-state index in [4.69, 9.17) is 24.4 Å². The second-order valence-corrected chi connectivity index (χ2v) is 15.4. The fraction of sp³-hybridized carbons (Fsp3) is 0.459. The molecule has 0 saturated heterocycles. The summed E-state index contributed by atoms with van der Waals surface area (Å²) < 4.78 is 46.0. The second-order valence-electron chi connectivity index (χ2n) is 13.5. The van der Waals surface area contributed by atoms with Crippen molar-refractivity contribution in [3.8, 4) is 11.5 Å². The summed E-state index contributed by atoms with van der Waals surface area (Å²) in [5.41, 5.74) is 7.59. The molecule has 0 spiro atoms. The number of nitrogens with one attached hydrogen (secondary N) is 4. The fourth-order valence-electron chi connectivity index (χ4n) is 4.96. The van der Waals surface area contributed by atoms with Gasteiger partial charge in [-0.25, -0.2) is 28.1 Å². The van der Waals surface area contributed by atoms with E-state index in [1.54, 1.807) is 44.3 Å². The Bertz CT molecular complexity index is 2140. The number of anilines is 1. The van der Waals surface area contributed by atoms with E-state index in [1.165, 1.54) is 17.1 Å². The number of hydrogen-bond donors (Lipinski definition) is 5. The lowest BCUT2D eigenvalue weighted by Crippen LogP contribution is -2.45. The standard InChI is InChI=1S/C37H49N11O11S/c1-24(2)36(53)59-20-25-7-9-27(10-8-25)43-34(52)29(6-4-5-11-38)44-32(50)23-57-22-31(49)39-12-14-56-15-13-48-19-28(46-47-48)18-40-33(51)30-21-58-35(45-30)26-16-41-37(42-17-26)60(3,54)55/h7-10,16-17,19,21,24,29H,4-6,11-15,18,20,22-23,38H2,1-3H3,(H,39,49)(H,40,51)(H,43,52)(H,44,50)/t29-/m0/s1. The number of esters is 1. The summed E-state index contributed by atoms with van der Waals surface area (Å²) in [6.07, 6.45) is 7.81. The number of carbonyl (C=O) groups excluding carboxylic acids is 5. The monoisotopic (exact) mass is 855 g/mol. The molecule has 324 valence electrons. The number of hydrogen-bond acceptors (Lipinski definition) is 17. The minimum absolute atomic E-state index is 0.0212. The molecule has 60 heavy (non-hydrogen) atoms. The van der Waals surface area contributed by atoms with Gasteiger partial charge in [-0.1, -0.05) is 31.2 Å². The summed E-state index contributed by atoms with van der Waals surface area (Å²) in [4.78, 5) is 73.8. The average molecular weight is 856 g/mol. The number of nitrogens with two attached hydrogens (primary N) is 1. The summed E-state index contributed by atoms with van der Waals surface area (Å²) in [7, 11) is -3.57. The average Bonchev–Trinajstić information content (AvgIpc) is 3.91. The number of nitrogens with zero attached hydrogens (tertiary/aromatic N) is 6. The van der Waals surface area contributed by atoms with E-state index in [-0.39, 0.29) is 73.7 Å². The predicted molar refractivity (Wildman–Crippen MR) is 211 cm³/mol. The molecule has 4 aromatic rings. The normalized spacial score (nSPS) is 11.8. The SMILES string of the molecule is CC(C)C(=O)OCc1ccc(NC(=O)[C@H](CCCCN)NC(=O)COCC(=O)NCCOCCn2cc(CNC(=O)c3coc(-c4cnc(S(C)(=O)=O)nc4)n3)nn2)cc1. The maximum absolute atomic E-state index is 13.0. The Hall–Kier alpha value is -6.17. The Morgan fingerprint density at radius 1 is 0.950 bits per heavy atom. The summed E-state index contributed by atoms with van der Waals surface area (Å²) in [6, 6.07) is 5.93. The van der Waals surface area contributed by atoms with Gasteiger partial charge in [0.05, 0.1) is 44.0 Å². The second kappa shape index (κ2) is 23.4. The predicted octanol–water partition coefficient (Wildman–Crippen LogP) is 0.158. The van der Waals surface area contributed by atoms with Gasteiger partial charge in [-0.2, -0.15) is 0 Å². The maximum atomic E-state index is 13.0. The molecular formula is C37H49N11O11S. The summed E-state index contributed by atoms with van der Waals surface area (Å²) in [6.45, 7) is 4.21. The van der Waals surface area contributed by atoms with Crippen LogP contribution in [0.1, 0.15) is 54.9 Å². The van der Waals surface area contributed by atoms with Crippen molar-refractivity contribution in [1.82, 2.24) is 45.9 Å². The number of ether oxygens (including phenoxy) is 3. The number of rotatable bonds is 25. The molecule has 4 amide bonds. The summed E-state index contributed by atoms with van der Waals surface area (Å²) in [5.74, 6) is -2.52. The van der Waals surface area contributed by atoms with Crippen LogP contribution in [0, 0.1) is 5.92 Å². The van der Waals surface area contributed by atoms with Gasteiger partial charge in [0, 0.05) is 30.9 Å². The Morgan fingerprint density at radius 2 is 1.68 bits per heavy atom. The lowest BCUT2D eigenvalue weighted by atomic mass is 10.1. The van der Waals surface area contributed by atoms with Crippen molar-refractivity contribution in [2.45, 2.75) is 64.0 Å². The minimum atomic E-state index is -3.57. The van der Waals surface area contributed by atoms with E-state index in [0.29, 0.717) is 43.7 Å². The number of benzene rings is 1. The van der Waals surface area contributed by atoms with E-state index >= 15 is 0 Å². The van der Waals surface area contributed by atoms with Crippen LogP contribution in [0.25, 0.3) is 11.5 Å². The van der Waals surface area contributed by atoms with E-state index in [1.807, 2.05) is 0 Å². The Labute approximate surface area is 345 Å². The van der Waals surface area contributed by atoms with Crippen LogP contribution in [0.2, 0.25) is 0 Å². The van der Waals surface area contributed by atoms with Crippen LogP contribution in [-0.2, 0) is 62.9 Å². The van der Waals surface area contributed by atoms with Crippen LogP contribution < -0.4 is 27.0 Å². The van der Waals surface area contributed by atoms with Crippen molar-refractivity contribution in [2.75, 3.05) is 51.1 Å². The Balaban J connectivity index is 1.07. The molecule has 22 nitrogen and oxygen atoms in total. The zero-order valence-electron chi connectivity index (χ0n) is 33.4. The maximum Gasteiger partial charge on any atom is 0.308 e. The molecule has 1 atom stereocenters. The van der Waals surface area contributed by atoms with Crippen LogP contribution in [-0.4, -0.2) is 120 Å². The van der Waals surface area contributed by atoms with Crippen LogP contribution in [0.15, 0.2) is 58.7 Å². The van der Waals surface area contributed by atoms with Crippen LogP contribution in [0.4, 0.5) is 5.69 Å². The van der Waals surface area contributed by atoms with Crippen LogP contribution >= 0.6 is 0 Å². The number of oxazole rings is 1. The van der Waals surface area contributed by atoms with E-state index < -0.39 is 46.1 Å². The molecule has 0 saturated carbocycles. The quantitative estimate of drug-likeness (QED) is 0.0337. The molecule has 0 aliphatic heterocycles. The van der Waals surface area contributed by atoms with Crippen molar-refractivity contribution >= 4 is 45.1 Å². The van der Waals surface area contributed by atoms with Gasteiger partial charge in [0.1, 0.15) is 37.8 Å². The molecular weight excluding hydrogens is 807 g/mol. The lowest BCUT2D eigenvalue weighted by molar-refractivity contribution is -0.148. The third-order valence-electron chi connectivity index (χ3n) is 8.13. The number of aromatic nitrogens is 6. The van der Waals surface area contributed by atoms with Gasteiger partial charge < -0.3 is 45.6 Å². The van der Waals surface area contributed by atoms with Crippen LogP contribution in [0.5, 0.6) is 0 Å². The van der Waals surface area contributed by atoms with Gasteiger partial charge in [0.15, 0.2) is 5.69 Å². The molecule has 4 rings (SSSR count). The number of amides is 4. The molecule has 0 fully saturated rings. The first-order chi connectivity index (χ1) is 28.7. The topological polar surface area (TPSA) is 304 Å². The highest BCUT2D eigenvalue weighted by atomic mass is 32.2. The van der Waals surface area contributed by atoms with Gasteiger partial charge in [0.2, 0.25) is 38.6 Å². The van der Waals surface area contributed by atoms with E-state index in [0.717, 1.165) is 18.1 Å². The molecule has 6 N–H and O–H groups in total. The molecule has 3 aromatic heterocycles. The molecule has 0 bridgehead atoms. The van der Waals surface area contributed by atoms with Crippen molar-refractivity contribution in [1.29, 1.82) is 0 Å². The zero-order valence-corrected chi connectivity index (χ0v) is 34.2. The third kappa shape index (κ3) is 15.9. The Kier molecular flexibility index (Phi) is 18.2. The highest BCUT2D eigenvalue weighted by Gasteiger charge is 2.21. The van der Waals surface area contributed by atoms with Crippen molar-refractivity contribution < 1.29 is 51.0 Å². The highest BCUT2D eigenvalue weighted by Crippen LogP contribution is 2.18. The molecule has 0 unspecified atom stereocenters. The van der Waals surface area contributed by atoms with Gasteiger partial charge in [0.25, 0.3) is 5.91 Å². The summed E-state index contributed by atoms with van der Waals surface area (Å²) in [5, 5.41) is 18.4. The van der Waals surface area contributed by atoms with Crippen molar-refractivity contribution in [2.24, 2.45) is 11.7 Å². The van der Waals surface area contributed by atoms with Gasteiger partial charge in [-0.15, -0.1) is 5.10 Å². The van der Waals surface area contributed by atoms with Crippen molar-refractivity contribution in [3.05, 3.63) is 66.1 Å². The fourth-order valence-corrected chi connectivity index (χ4v) is 5.45. The molecule has 3 heterocycles. The lowest BCUT2D eigenvalue weighted by Gasteiger charge is -2.19. The molecule has 0 aliphatic carbocycles.